The summed E-state index contributed by atoms with van der Waals surface area (Å²) >= 11 is 0. The molecule has 0 spiro atoms. The van der Waals surface area contributed by atoms with Crippen molar-refractivity contribution in [3.05, 3.63) is 54.1 Å². The molecule has 0 aromatic heterocycles. The number of benzene rings is 2. The summed E-state index contributed by atoms with van der Waals surface area (Å²) in [6.07, 6.45) is 1.00. The van der Waals surface area contributed by atoms with E-state index in [1.54, 1.807) is 16.4 Å². The lowest BCUT2D eigenvalue weighted by Gasteiger charge is -2.36. The SMILES string of the molecule is CCOc1ccccc1N1CCN(S(=O)(=O)c2ccc(C(C)(C)CC)cc2)CC1. The lowest BCUT2D eigenvalue weighted by Crippen LogP contribution is -2.48. The molecule has 2 aromatic rings. The van der Waals surface area contributed by atoms with Gasteiger partial charge in [0.1, 0.15) is 5.75 Å². The van der Waals surface area contributed by atoms with Gasteiger partial charge in [-0.3, -0.25) is 0 Å². The minimum Gasteiger partial charge on any atom is -0.492 e. The summed E-state index contributed by atoms with van der Waals surface area (Å²) in [6.45, 7) is 11.3. The molecule has 1 saturated heterocycles. The summed E-state index contributed by atoms with van der Waals surface area (Å²) in [5, 5.41) is 0. The van der Waals surface area contributed by atoms with Gasteiger partial charge in [-0.1, -0.05) is 45.0 Å². The molecule has 5 nitrogen and oxygen atoms in total. The van der Waals surface area contributed by atoms with E-state index in [0.29, 0.717) is 37.7 Å². The standard InChI is InChI=1S/C23H32N2O3S/c1-5-23(3,4)19-11-13-20(14-12-19)29(26,27)25-17-15-24(16-18-25)21-9-7-8-10-22(21)28-6-2/h7-14H,5-6,15-18H2,1-4H3. The minimum absolute atomic E-state index is 0.0435. The topological polar surface area (TPSA) is 49.9 Å². The van der Waals surface area contributed by atoms with Crippen LogP contribution < -0.4 is 9.64 Å². The van der Waals surface area contributed by atoms with Crippen molar-refractivity contribution in [2.75, 3.05) is 37.7 Å². The Morgan fingerprint density at radius 1 is 0.931 bits per heavy atom. The largest absolute Gasteiger partial charge is 0.492 e. The molecule has 1 heterocycles. The molecular formula is C23H32N2O3S. The maximum Gasteiger partial charge on any atom is 0.243 e. The number of hydrogen-bond donors (Lipinski definition) is 0. The van der Waals surface area contributed by atoms with E-state index in [1.165, 1.54) is 0 Å². The smallest absolute Gasteiger partial charge is 0.243 e. The van der Waals surface area contributed by atoms with Crippen molar-refractivity contribution in [1.29, 1.82) is 0 Å². The van der Waals surface area contributed by atoms with Crippen LogP contribution in [0.1, 0.15) is 39.7 Å². The van der Waals surface area contributed by atoms with Gasteiger partial charge in [0.05, 0.1) is 17.2 Å². The van der Waals surface area contributed by atoms with Gasteiger partial charge >= 0.3 is 0 Å². The Labute approximate surface area is 175 Å². The van der Waals surface area contributed by atoms with Crippen molar-refractivity contribution < 1.29 is 13.2 Å². The molecule has 6 heteroatoms. The zero-order chi connectivity index (χ0) is 21.1. The fourth-order valence-corrected chi connectivity index (χ4v) is 5.02. The van der Waals surface area contributed by atoms with Crippen LogP contribution in [0.2, 0.25) is 0 Å². The van der Waals surface area contributed by atoms with E-state index >= 15 is 0 Å². The number of nitrogens with zero attached hydrogens (tertiary/aromatic N) is 2. The molecule has 29 heavy (non-hydrogen) atoms. The fourth-order valence-electron chi connectivity index (χ4n) is 3.60. The van der Waals surface area contributed by atoms with Crippen LogP contribution >= 0.6 is 0 Å². The van der Waals surface area contributed by atoms with Gasteiger partial charge in [-0.15, -0.1) is 0 Å². The van der Waals surface area contributed by atoms with Gasteiger partial charge in [-0.05, 0) is 48.6 Å². The van der Waals surface area contributed by atoms with Crippen LogP contribution in [0.4, 0.5) is 5.69 Å². The molecule has 0 radical (unpaired) electrons. The Bertz CT molecular complexity index is 915. The first kappa shape index (κ1) is 21.7. The number of rotatable bonds is 7. The summed E-state index contributed by atoms with van der Waals surface area (Å²) in [4.78, 5) is 2.57. The molecule has 2 aromatic carbocycles. The summed E-state index contributed by atoms with van der Waals surface area (Å²) in [6, 6.07) is 15.3. The molecule has 1 aliphatic rings. The van der Waals surface area contributed by atoms with Crippen LogP contribution in [-0.2, 0) is 15.4 Å². The van der Waals surface area contributed by atoms with Crippen LogP contribution in [0.15, 0.2) is 53.4 Å². The monoisotopic (exact) mass is 416 g/mol. The maximum atomic E-state index is 13.1. The van der Waals surface area contributed by atoms with E-state index in [9.17, 15) is 8.42 Å². The average Bonchev–Trinajstić information content (AvgIpc) is 2.74. The molecule has 0 atom stereocenters. The first-order chi connectivity index (χ1) is 13.8. The Balaban J connectivity index is 1.72. The number of ether oxygens (including phenoxy) is 1. The number of piperazine rings is 1. The van der Waals surface area contributed by atoms with Crippen LogP contribution in [0.25, 0.3) is 0 Å². The highest BCUT2D eigenvalue weighted by molar-refractivity contribution is 7.89. The quantitative estimate of drug-likeness (QED) is 0.676. The summed E-state index contributed by atoms with van der Waals surface area (Å²) in [7, 11) is -3.48. The van der Waals surface area contributed by atoms with Gasteiger partial charge in [0, 0.05) is 26.2 Å². The van der Waals surface area contributed by atoms with Crippen molar-refractivity contribution in [3.8, 4) is 5.75 Å². The highest BCUT2D eigenvalue weighted by Gasteiger charge is 2.29. The van der Waals surface area contributed by atoms with E-state index in [4.69, 9.17) is 4.74 Å². The van der Waals surface area contributed by atoms with E-state index in [2.05, 4.69) is 25.7 Å². The van der Waals surface area contributed by atoms with E-state index in [1.807, 2.05) is 43.3 Å². The molecule has 3 rings (SSSR count). The van der Waals surface area contributed by atoms with Crippen molar-refractivity contribution in [2.24, 2.45) is 0 Å². The number of anilines is 1. The molecule has 0 bridgehead atoms. The molecule has 0 unspecified atom stereocenters. The highest BCUT2D eigenvalue weighted by Crippen LogP contribution is 2.31. The fraction of sp³-hybridized carbons (Fsp3) is 0.478. The molecular weight excluding hydrogens is 384 g/mol. The normalized spacial score (nSPS) is 16.1. The van der Waals surface area contributed by atoms with Gasteiger partial charge < -0.3 is 9.64 Å². The number of para-hydroxylation sites is 2. The Morgan fingerprint density at radius 3 is 2.14 bits per heavy atom. The number of hydrogen-bond acceptors (Lipinski definition) is 4. The predicted molar refractivity (Wildman–Crippen MR) is 118 cm³/mol. The number of sulfonamides is 1. The third kappa shape index (κ3) is 4.59. The van der Waals surface area contributed by atoms with Crippen LogP contribution in [0.3, 0.4) is 0 Å². The second kappa shape index (κ2) is 8.76. The van der Waals surface area contributed by atoms with Crippen molar-refractivity contribution >= 4 is 15.7 Å². The van der Waals surface area contributed by atoms with Crippen LogP contribution in [0.5, 0.6) is 5.75 Å². The first-order valence-electron chi connectivity index (χ1n) is 10.4. The van der Waals surface area contributed by atoms with Gasteiger partial charge in [0.15, 0.2) is 0 Å². The molecule has 1 aliphatic heterocycles. The molecule has 0 saturated carbocycles. The van der Waals surface area contributed by atoms with Gasteiger partial charge in [-0.2, -0.15) is 4.31 Å². The van der Waals surface area contributed by atoms with E-state index in [-0.39, 0.29) is 5.41 Å². The lowest BCUT2D eigenvalue weighted by atomic mass is 9.82. The lowest BCUT2D eigenvalue weighted by molar-refractivity contribution is 0.337. The predicted octanol–water partition coefficient (Wildman–Crippen LogP) is 4.28. The van der Waals surface area contributed by atoms with Crippen molar-refractivity contribution in [2.45, 2.75) is 44.4 Å². The average molecular weight is 417 g/mol. The zero-order valence-corrected chi connectivity index (χ0v) is 18.7. The van der Waals surface area contributed by atoms with Crippen LogP contribution in [-0.4, -0.2) is 45.5 Å². The van der Waals surface area contributed by atoms with Gasteiger partial charge in [0.25, 0.3) is 0 Å². The summed E-state index contributed by atoms with van der Waals surface area (Å²) < 4.78 is 33.5. The Morgan fingerprint density at radius 2 is 1.55 bits per heavy atom. The van der Waals surface area contributed by atoms with Gasteiger partial charge in [-0.25, -0.2) is 8.42 Å². The molecule has 0 amide bonds. The summed E-state index contributed by atoms with van der Waals surface area (Å²) in [5.41, 5.74) is 2.23. The third-order valence-corrected chi connectivity index (χ3v) is 7.81. The zero-order valence-electron chi connectivity index (χ0n) is 17.9. The molecule has 0 aliphatic carbocycles. The molecule has 158 valence electrons. The summed E-state index contributed by atoms with van der Waals surface area (Å²) in [5.74, 6) is 0.848. The van der Waals surface area contributed by atoms with Crippen molar-refractivity contribution in [3.63, 3.8) is 0 Å². The Kier molecular flexibility index (Phi) is 6.54. The van der Waals surface area contributed by atoms with Crippen LogP contribution in [0, 0.1) is 0 Å². The minimum atomic E-state index is -3.48. The maximum absolute atomic E-state index is 13.1. The second-order valence-electron chi connectivity index (χ2n) is 8.05. The Hall–Kier alpha value is -2.05. The van der Waals surface area contributed by atoms with E-state index in [0.717, 1.165) is 23.4 Å². The first-order valence-corrected chi connectivity index (χ1v) is 11.8. The molecule has 1 fully saturated rings. The third-order valence-electron chi connectivity index (χ3n) is 5.90. The molecule has 0 N–H and O–H groups in total. The van der Waals surface area contributed by atoms with Crippen molar-refractivity contribution in [1.82, 2.24) is 4.31 Å². The highest BCUT2D eigenvalue weighted by atomic mass is 32.2. The van der Waals surface area contributed by atoms with E-state index < -0.39 is 10.0 Å². The second-order valence-corrected chi connectivity index (χ2v) is 9.99. The van der Waals surface area contributed by atoms with Gasteiger partial charge in [0.2, 0.25) is 10.0 Å².